The van der Waals surface area contributed by atoms with Crippen LogP contribution in [0.1, 0.15) is 5.56 Å². The molecule has 0 aliphatic heterocycles. The van der Waals surface area contributed by atoms with E-state index in [-0.39, 0.29) is 18.7 Å². The van der Waals surface area contributed by atoms with Crippen LogP contribution in [0.15, 0.2) is 24.4 Å². The van der Waals surface area contributed by atoms with Crippen molar-refractivity contribution in [2.75, 3.05) is 6.54 Å². The number of hydrogen-bond donors (Lipinski definition) is 2. The maximum absolute atomic E-state index is 12.0. The van der Waals surface area contributed by atoms with Crippen molar-refractivity contribution in [1.82, 2.24) is 10.3 Å². The van der Waals surface area contributed by atoms with Gasteiger partial charge in [-0.15, -0.1) is 0 Å². The molecule has 0 spiro atoms. The average molecular weight is 301 g/mol. The van der Waals surface area contributed by atoms with Crippen molar-refractivity contribution in [3.8, 4) is 0 Å². The molecular weight excluding hydrogens is 291 g/mol. The van der Waals surface area contributed by atoms with Crippen LogP contribution in [-0.4, -0.2) is 28.5 Å². The number of nitro groups is 1. The Labute approximate surface area is 116 Å². The van der Waals surface area contributed by atoms with Crippen LogP contribution < -0.4 is 5.32 Å². The van der Waals surface area contributed by atoms with E-state index in [1.165, 1.54) is 18.2 Å². The fourth-order valence-electron chi connectivity index (χ4n) is 1.90. The van der Waals surface area contributed by atoms with E-state index in [0.717, 1.165) is 0 Å². The molecule has 9 heteroatoms. The lowest BCUT2D eigenvalue weighted by Gasteiger charge is -2.07. The molecule has 0 radical (unpaired) electrons. The van der Waals surface area contributed by atoms with E-state index in [1.54, 1.807) is 11.5 Å². The monoisotopic (exact) mass is 301 g/mol. The number of rotatable bonds is 4. The summed E-state index contributed by atoms with van der Waals surface area (Å²) >= 11 is 0. The highest BCUT2D eigenvalue weighted by Gasteiger charge is 2.38. The van der Waals surface area contributed by atoms with Gasteiger partial charge in [-0.1, -0.05) is 0 Å². The number of aromatic nitrogens is 1. The molecule has 0 aliphatic rings. The molecule has 0 bridgehead atoms. The smallest absolute Gasteiger partial charge is 0.361 e. The maximum atomic E-state index is 12.0. The van der Waals surface area contributed by atoms with Crippen molar-refractivity contribution < 1.29 is 22.9 Å². The van der Waals surface area contributed by atoms with Crippen molar-refractivity contribution in [1.29, 1.82) is 0 Å². The van der Waals surface area contributed by atoms with Crippen molar-refractivity contribution in [2.24, 2.45) is 0 Å². The molecule has 0 fully saturated rings. The predicted octanol–water partition coefficient (Wildman–Crippen LogP) is 2.30. The van der Waals surface area contributed by atoms with E-state index in [1.807, 2.05) is 0 Å². The van der Waals surface area contributed by atoms with E-state index in [4.69, 9.17) is 0 Å². The summed E-state index contributed by atoms with van der Waals surface area (Å²) < 4.78 is 36.0. The van der Waals surface area contributed by atoms with E-state index in [0.29, 0.717) is 16.5 Å². The lowest BCUT2D eigenvalue weighted by molar-refractivity contribution is -0.384. The van der Waals surface area contributed by atoms with Crippen LogP contribution in [0.2, 0.25) is 0 Å². The van der Waals surface area contributed by atoms with Crippen LogP contribution >= 0.6 is 0 Å². The Kier molecular flexibility index (Phi) is 3.83. The van der Waals surface area contributed by atoms with E-state index in [2.05, 4.69) is 4.98 Å². The van der Waals surface area contributed by atoms with Gasteiger partial charge >= 0.3 is 12.1 Å². The third kappa shape index (κ3) is 3.30. The molecule has 21 heavy (non-hydrogen) atoms. The first kappa shape index (κ1) is 14.8. The van der Waals surface area contributed by atoms with Gasteiger partial charge in [0.1, 0.15) is 0 Å². The van der Waals surface area contributed by atoms with E-state index < -0.39 is 17.0 Å². The van der Waals surface area contributed by atoms with Gasteiger partial charge in [-0.2, -0.15) is 13.2 Å². The summed E-state index contributed by atoms with van der Waals surface area (Å²) in [7, 11) is 0. The number of carbonyl (C=O) groups is 1. The number of benzene rings is 1. The van der Waals surface area contributed by atoms with Gasteiger partial charge < -0.3 is 10.3 Å². The number of carbonyl (C=O) groups excluding carboxylic acids is 1. The number of fused-ring (bicyclic) bond motifs is 1. The molecule has 2 rings (SSSR count). The van der Waals surface area contributed by atoms with Crippen LogP contribution in [0.5, 0.6) is 0 Å². The zero-order valence-electron chi connectivity index (χ0n) is 10.5. The molecular formula is C12H10F3N3O3. The molecule has 6 nitrogen and oxygen atoms in total. The summed E-state index contributed by atoms with van der Waals surface area (Å²) in [6.07, 6.45) is -3.24. The molecule has 0 atom stereocenters. The Morgan fingerprint density at radius 2 is 2.10 bits per heavy atom. The van der Waals surface area contributed by atoms with Gasteiger partial charge in [-0.3, -0.25) is 14.9 Å². The van der Waals surface area contributed by atoms with Gasteiger partial charge in [-0.25, -0.2) is 0 Å². The van der Waals surface area contributed by atoms with Crippen LogP contribution in [0.3, 0.4) is 0 Å². The second-order valence-corrected chi connectivity index (χ2v) is 4.30. The zero-order valence-corrected chi connectivity index (χ0v) is 10.5. The molecule has 0 unspecified atom stereocenters. The normalized spacial score (nSPS) is 11.6. The third-order valence-corrected chi connectivity index (χ3v) is 2.90. The molecule has 112 valence electrons. The van der Waals surface area contributed by atoms with Crippen LogP contribution in [0.25, 0.3) is 10.9 Å². The molecule has 0 saturated carbocycles. The van der Waals surface area contributed by atoms with Crippen LogP contribution in [0, 0.1) is 10.1 Å². The maximum Gasteiger partial charge on any atom is 0.471 e. The van der Waals surface area contributed by atoms with Crippen LogP contribution in [0.4, 0.5) is 18.9 Å². The molecule has 1 amide bonds. The average Bonchev–Trinajstić information content (AvgIpc) is 2.80. The van der Waals surface area contributed by atoms with Gasteiger partial charge in [-0.05, 0) is 18.1 Å². The van der Waals surface area contributed by atoms with Gasteiger partial charge in [0.2, 0.25) is 0 Å². The molecule has 1 aromatic heterocycles. The number of amides is 1. The highest BCUT2D eigenvalue weighted by molar-refractivity contribution is 5.85. The highest BCUT2D eigenvalue weighted by atomic mass is 19.4. The molecule has 0 saturated heterocycles. The summed E-state index contributed by atoms with van der Waals surface area (Å²) in [5.74, 6) is -2.01. The third-order valence-electron chi connectivity index (χ3n) is 2.90. The fourth-order valence-corrected chi connectivity index (χ4v) is 1.90. The molecule has 1 heterocycles. The molecule has 0 aliphatic carbocycles. The summed E-state index contributed by atoms with van der Waals surface area (Å²) in [6.45, 7) is -0.214. The van der Waals surface area contributed by atoms with Crippen molar-refractivity contribution >= 4 is 22.5 Å². The number of halogens is 3. The number of non-ortho nitro benzene ring substituents is 1. The number of hydrogen-bond acceptors (Lipinski definition) is 3. The molecule has 2 aromatic rings. The Balaban J connectivity index is 2.10. The first-order valence-electron chi connectivity index (χ1n) is 5.88. The Bertz CT molecular complexity index is 694. The van der Waals surface area contributed by atoms with Gasteiger partial charge in [0.25, 0.3) is 5.69 Å². The van der Waals surface area contributed by atoms with Crippen molar-refractivity contribution in [3.63, 3.8) is 0 Å². The van der Waals surface area contributed by atoms with Gasteiger partial charge in [0.15, 0.2) is 0 Å². The number of aromatic amines is 1. The van der Waals surface area contributed by atoms with Gasteiger partial charge in [0, 0.05) is 35.8 Å². The Hall–Kier alpha value is -2.58. The SMILES string of the molecule is O=C(NCCc1c[nH]c2ccc([N+](=O)[O-])cc12)C(F)(F)F. The number of nitrogens with one attached hydrogen (secondary N) is 2. The van der Waals surface area contributed by atoms with Crippen LogP contribution in [-0.2, 0) is 11.2 Å². The van der Waals surface area contributed by atoms with E-state index in [9.17, 15) is 28.1 Å². The topological polar surface area (TPSA) is 88.0 Å². The number of alkyl halides is 3. The summed E-state index contributed by atoms with van der Waals surface area (Å²) in [6, 6.07) is 4.19. The van der Waals surface area contributed by atoms with Crippen molar-refractivity contribution in [2.45, 2.75) is 12.6 Å². The van der Waals surface area contributed by atoms with Gasteiger partial charge in [0.05, 0.1) is 4.92 Å². The Morgan fingerprint density at radius 1 is 1.38 bits per heavy atom. The quantitative estimate of drug-likeness (QED) is 0.671. The minimum atomic E-state index is -4.92. The van der Waals surface area contributed by atoms with E-state index >= 15 is 0 Å². The minimum absolute atomic E-state index is 0.109. The largest absolute Gasteiger partial charge is 0.471 e. The number of nitrogens with zero attached hydrogens (tertiary/aromatic N) is 1. The molecule has 2 N–H and O–H groups in total. The second-order valence-electron chi connectivity index (χ2n) is 4.30. The summed E-state index contributed by atoms with van der Waals surface area (Å²) in [5.41, 5.74) is 1.12. The Morgan fingerprint density at radius 3 is 2.71 bits per heavy atom. The summed E-state index contributed by atoms with van der Waals surface area (Å²) in [4.78, 5) is 23.7. The lowest BCUT2D eigenvalue weighted by Crippen LogP contribution is -2.37. The standard InChI is InChI=1S/C12H10F3N3O3/c13-12(14,15)11(19)16-4-3-7-6-17-10-2-1-8(18(20)21)5-9(7)10/h1-2,5-6,17H,3-4H2,(H,16,19). The second kappa shape index (κ2) is 5.43. The minimum Gasteiger partial charge on any atom is -0.361 e. The number of H-pyrrole nitrogens is 1. The predicted molar refractivity (Wildman–Crippen MR) is 67.7 cm³/mol. The first-order chi connectivity index (χ1) is 9.79. The first-order valence-corrected chi connectivity index (χ1v) is 5.88. The molecule has 1 aromatic carbocycles. The lowest BCUT2D eigenvalue weighted by atomic mass is 10.1. The highest BCUT2D eigenvalue weighted by Crippen LogP contribution is 2.24. The summed E-state index contributed by atoms with van der Waals surface area (Å²) in [5, 5.41) is 13.0. The van der Waals surface area contributed by atoms with Crippen molar-refractivity contribution in [3.05, 3.63) is 40.1 Å². The fraction of sp³-hybridized carbons (Fsp3) is 0.250. The number of nitro benzene ring substituents is 1. The zero-order chi connectivity index (χ0) is 15.6.